The molecule has 0 saturated heterocycles. The third-order valence-electron chi connectivity index (χ3n) is 3.68. The van der Waals surface area contributed by atoms with E-state index in [1.165, 1.54) is 12.1 Å². The highest BCUT2D eigenvalue weighted by atomic mass is 32.3. The smallest absolute Gasteiger partial charge is 0.332 e. The number of rotatable bonds is 4. The number of hydrogen-bond acceptors (Lipinski definition) is 5. The highest BCUT2D eigenvalue weighted by molar-refractivity contribution is 7.92. The van der Waals surface area contributed by atoms with Gasteiger partial charge < -0.3 is 5.32 Å². The fourth-order valence-corrected chi connectivity index (χ4v) is 4.18. The van der Waals surface area contributed by atoms with Gasteiger partial charge >= 0.3 is 10.2 Å². The van der Waals surface area contributed by atoms with Crippen molar-refractivity contribution >= 4 is 31.8 Å². The molecule has 0 aromatic heterocycles. The summed E-state index contributed by atoms with van der Waals surface area (Å²) in [5.74, 6) is -0.225. The fraction of sp³-hybridized carbons (Fsp3) is 0.133. The van der Waals surface area contributed by atoms with Crippen molar-refractivity contribution in [3.8, 4) is 0 Å². The Kier molecular flexibility index (Phi) is 4.25. The number of benzene rings is 2. The molecule has 1 aliphatic heterocycles. The number of nitrogens with one attached hydrogen (secondary N) is 2. The maximum atomic E-state index is 13.1. The first kappa shape index (κ1) is 17.4. The molecule has 7 nitrogen and oxygen atoms in total. The summed E-state index contributed by atoms with van der Waals surface area (Å²) in [4.78, 5) is 10.6. The summed E-state index contributed by atoms with van der Waals surface area (Å²) >= 11 is 0. The van der Waals surface area contributed by atoms with E-state index in [1.54, 1.807) is 6.07 Å². The normalized spacial score (nSPS) is 14.5. The second-order valence-corrected chi connectivity index (χ2v) is 8.43. The van der Waals surface area contributed by atoms with Crippen LogP contribution in [0.3, 0.4) is 0 Å². The molecule has 0 unspecified atom stereocenters. The summed E-state index contributed by atoms with van der Waals surface area (Å²) in [7, 11) is -9.13. The van der Waals surface area contributed by atoms with E-state index < -0.39 is 25.1 Å². The number of amides is 1. The number of hydrogen-bond donors (Lipinski definition) is 2. The quantitative estimate of drug-likeness (QED) is 0.775. The molecular formula is C15H13FN2O5S2. The molecule has 0 bridgehead atoms. The average molecular weight is 384 g/mol. The SMILES string of the molecule is O=C1NCCc2cc(NS(=O)(=O)c3cccc(S(=O)(=O)F)c3)ccc21. The molecule has 10 heteroatoms. The van der Waals surface area contributed by atoms with Gasteiger partial charge in [0.25, 0.3) is 15.9 Å². The van der Waals surface area contributed by atoms with Gasteiger partial charge in [0, 0.05) is 17.8 Å². The standard InChI is InChI=1S/C15H13FN2O5S2/c16-24(20,21)12-2-1-3-13(9-12)25(22,23)18-11-4-5-14-10(8-11)6-7-17-15(14)19/h1-5,8-9,18H,6-7H2,(H,17,19). The first-order chi connectivity index (χ1) is 11.7. The summed E-state index contributed by atoms with van der Waals surface area (Å²) in [6.07, 6.45) is 0.562. The molecule has 0 aliphatic carbocycles. The van der Waals surface area contributed by atoms with E-state index in [0.29, 0.717) is 24.1 Å². The Labute approximate surface area is 144 Å². The molecule has 0 atom stereocenters. The van der Waals surface area contributed by atoms with Crippen LogP contribution in [0.4, 0.5) is 9.57 Å². The Morgan fingerprint density at radius 2 is 1.72 bits per heavy atom. The minimum Gasteiger partial charge on any atom is -0.352 e. The number of sulfonamides is 1. The highest BCUT2D eigenvalue weighted by Gasteiger charge is 2.21. The van der Waals surface area contributed by atoms with Crippen LogP contribution in [-0.4, -0.2) is 29.3 Å². The summed E-state index contributed by atoms with van der Waals surface area (Å²) in [6, 6.07) is 8.47. The summed E-state index contributed by atoms with van der Waals surface area (Å²) in [5.41, 5.74) is 1.39. The van der Waals surface area contributed by atoms with Crippen LogP contribution in [0.1, 0.15) is 15.9 Å². The lowest BCUT2D eigenvalue weighted by atomic mass is 10.00. The van der Waals surface area contributed by atoms with Crippen molar-refractivity contribution < 1.29 is 25.5 Å². The second-order valence-electron chi connectivity index (χ2n) is 5.40. The highest BCUT2D eigenvalue weighted by Crippen LogP contribution is 2.23. The minimum absolute atomic E-state index is 0.224. The molecule has 0 saturated carbocycles. The van der Waals surface area contributed by atoms with E-state index in [-0.39, 0.29) is 16.5 Å². The predicted octanol–water partition coefficient (Wildman–Crippen LogP) is 1.43. The van der Waals surface area contributed by atoms with E-state index in [4.69, 9.17) is 0 Å². The van der Waals surface area contributed by atoms with Gasteiger partial charge in [-0.05, 0) is 48.4 Å². The Balaban J connectivity index is 1.94. The number of carbonyl (C=O) groups is 1. The zero-order chi connectivity index (χ0) is 18.2. The zero-order valence-corrected chi connectivity index (χ0v) is 14.3. The van der Waals surface area contributed by atoms with Crippen LogP contribution in [0.2, 0.25) is 0 Å². The molecule has 1 aliphatic rings. The molecule has 132 valence electrons. The lowest BCUT2D eigenvalue weighted by Gasteiger charge is -2.17. The monoisotopic (exact) mass is 384 g/mol. The van der Waals surface area contributed by atoms with Crippen molar-refractivity contribution in [2.75, 3.05) is 11.3 Å². The molecule has 2 N–H and O–H groups in total. The molecule has 0 fully saturated rings. The molecule has 0 radical (unpaired) electrons. The molecular weight excluding hydrogens is 371 g/mol. The molecule has 25 heavy (non-hydrogen) atoms. The van der Waals surface area contributed by atoms with Crippen LogP contribution in [-0.2, 0) is 26.7 Å². The van der Waals surface area contributed by atoms with Crippen LogP contribution >= 0.6 is 0 Å². The van der Waals surface area contributed by atoms with E-state index in [2.05, 4.69) is 10.0 Å². The lowest BCUT2D eigenvalue weighted by Crippen LogP contribution is -2.31. The summed E-state index contributed by atoms with van der Waals surface area (Å²) in [5, 5.41) is 2.68. The first-order valence-electron chi connectivity index (χ1n) is 7.15. The van der Waals surface area contributed by atoms with Gasteiger partial charge in [-0.15, -0.1) is 3.89 Å². The van der Waals surface area contributed by atoms with Crippen molar-refractivity contribution in [1.82, 2.24) is 5.32 Å². The fourth-order valence-electron chi connectivity index (χ4n) is 2.50. The van der Waals surface area contributed by atoms with Gasteiger partial charge in [0.05, 0.1) is 9.79 Å². The molecule has 1 amide bonds. The van der Waals surface area contributed by atoms with Gasteiger partial charge in [0.2, 0.25) is 0 Å². The second kappa shape index (κ2) is 6.12. The summed E-state index contributed by atoms with van der Waals surface area (Å²) in [6.45, 7) is 0.457. The largest absolute Gasteiger partial charge is 0.352 e. The average Bonchev–Trinajstić information content (AvgIpc) is 2.54. The topological polar surface area (TPSA) is 109 Å². The third-order valence-corrected chi connectivity index (χ3v) is 5.88. The van der Waals surface area contributed by atoms with E-state index in [0.717, 1.165) is 24.3 Å². The Morgan fingerprint density at radius 1 is 1.00 bits per heavy atom. The number of fused-ring (bicyclic) bond motifs is 1. The lowest BCUT2D eigenvalue weighted by molar-refractivity contribution is 0.0946. The molecule has 2 aromatic rings. The molecule has 1 heterocycles. The maximum absolute atomic E-state index is 13.1. The Hall–Kier alpha value is -2.46. The molecule has 0 spiro atoms. The van der Waals surface area contributed by atoms with Gasteiger partial charge in [-0.2, -0.15) is 8.42 Å². The third kappa shape index (κ3) is 3.64. The van der Waals surface area contributed by atoms with Crippen LogP contribution in [0.15, 0.2) is 52.3 Å². The Morgan fingerprint density at radius 3 is 2.44 bits per heavy atom. The van der Waals surface area contributed by atoms with E-state index in [1.807, 2.05) is 0 Å². The molecule has 2 aromatic carbocycles. The maximum Gasteiger partial charge on any atom is 0.332 e. The number of carbonyl (C=O) groups excluding carboxylic acids is 1. The van der Waals surface area contributed by atoms with E-state index in [9.17, 15) is 25.5 Å². The minimum atomic E-state index is -5.01. The zero-order valence-electron chi connectivity index (χ0n) is 12.7. The van der Waals surface area contributed by atoms with Crippen molar-refractivity contribution in [3.05, 3.63) is 53.6 Å². The number of halogens is 1. The number of anilines is 1. The van der Waals surface area contributed by atoms with Crippen molar-refractivity contribution in [3.63, 3.8) is 0 Å². The van der Waals surface area contributed by atoms with Gasteiger partial charge in [-0.25, -0.2) is 8.42 Å². The van der Waals surface area contributed by atoms with Gasteiger partial charge in [0.1, 0.15) is 0 Å². The van der Waals surface area contributed by atoms with Crippen LogP contribution < -0.4 is 10.0 Å². The van der Waals surface area contributed by atoms with E-state index >= 15 is 0 Å². The summed E-state index contributed by atoms with van der Waals surface area (Å²) < 4.78 is 62.1. The van der Waals surface area contributed by atoms with Gasteiger partial charge in [-0.1, -0.05) is 6.07 Å². The molecule has 3 rings (SSSR count). The Bertz CT molecular complexity index is 1070. The van der Waals surface area contributed by atoms with Gasteiger partial charge in [-0.3, -0.25) is 9.52 Å². The van der Waals surface area contributed by atoms with Gasteiger partial charge in [0.15, 0.2) is 0 Å². The predicted molar refractivity (Wildman–Crippen MR) is 88.0 cm³/mol. The van der Waals surface area contributed by atoms with Crippen LogP contribution in [0.5, 0.6) is 0 Å². The van der Waals surface area contributed by atoms with Crippen LogP contribution in [0, 0.1) is 0 Å². The van der Waals surface area contributed by atoms with Crippen LogP contribution in [0.25, 0.3) is 0 Å². The van der Waals surface area contributed by atoms with Crippen molar-refractivity contribution in [1.29, 1.82) is 0 Å². The first-order valence-corrected chi connectivity index (χ1v) is 10.0. The van der Waals surface area contributed by atoms with Crippen molar-refractivity contribution in [2.24, 2.45) is 0 Å². The van der Waals surface area contributed by atoms with Crippen molar-refractivity contribution in [2.45, 2.75) is 16.2 Å².